The normalized spacial score (nSPS) is 15.3. The summed E-state index contributed by atoms with van der Waals surface area (Å²) in [6.45, 7) is 0.550. The Labute approximate surface area is 204 Å². The number of hydrogen-bond acceptors (Lipinski definition) is 4. The minimum absolute atomic E-state index is 0.0741. The Kier molecular flexibility index (Phi) is 7.80. The van der Waals surface area contributed by atoms with Crippen LogP contribution in [0.3, 0.4) is 0 Å². The first-order valence-electron chi connectivity index (χ1n) is 11.5. The largest absolute Gasteiger partial charge is 0.484 e. The van der Waals surface area contributed by atoms with Crippen LogP contribution in [-0.4, -0.2) is 40.0 Å². The standard InChI is InChI=1S/C27H27ClN2O4/c28-20-11-13-21(14-12-20)34-18-26(31)30-17-5-10-25(30)24-16-15-22(27(32)33)23(29-24)9-4-8-19-6-2-1-3-7-19/h1-3,6-7,11-16,25H,4-5,8-10,17-18H2,(H,32,33). The maximum Gasteiger partial charge on any atom is 0.337 e. The lowest BCUT2D eigenvalue weighted by molar-refractivity contribution is -0.134. The number of aromatic carboxylic acids is 1. The Morgan fingerprint density at radius 1 is 1.03 bits per heavy atom. The number of rotatable bonds is 9. The van der Waals surface area contributed by atoms with Gasteiger partial charge in [0.05, 0.1) is 23.0 Å². The van der Waals surface area contributed by atoms with E-state index in [2.05, 4.69) is 12.1 Å². The summed E-state index contributed by atoms with van der Waals surface area (Å²) in [6, 6.07) is 20.2. The number of carbonyl (C=O) groups is 2. The van der Waals surface area contributed by atoms with E-state index in [1.54, 1.807) is 41.3 Å². The van der Waals surface area contributed by atoms with Gasteiger partial charge in [0.1, 0.15) is 5.75 Å². The van der Waals surface area contributed by atoms with Crippen molar-refractivity contribution in [2.75, 3.05) is 13.2 Å². The third-order valence-corrected chi connectivity index (χ3v) is 6.29. The third kappa shape index (κ3) is 5.94. The van der Waals surface area contributed by atoms with E-state index >= 15 is 0 Å². The number of carboxylic acid groups (broad SMARTS) is 1. The van der Waals surface area contributed by atoms with Crippen molar-refractivity contribution in [2.45, 2.75) is 38.1 Å². The van der Waals surface area contributed by atoms with Gasteiger partial charge in [0, 0.05) is 11.6 Å². The summed E-state index contributed by atoms with van der Waals surface area (Å²) in [5.41, 5.74) is 2.73. The Bertz CT molecular complexity index is 1140. The van der Waals surface area contributed by atoms with Crippen molar-refractivity contribution in [2.24, 2.45) is 0 Å². The molecule has 0 aliphatic carbocycles. The molecule has 1 unspecified atom stereocenters. The molecule has 4 rings (SSSR count). The molecule has 176 valence electrons. The number of hydrogen-bond donors (Lipinski definition) is 1. The molecule has 1 aliphatic heterocycles. The molecule has 1 atom stereocenters. The van der Waals surface area contributed by atoms with Gasteiger partial charge in [0.2, 0.25) is 0 Å². The fourth-order valence-corrected chi connectivity index (χ4v) is 4.45. The summed E-state index contributed by atoms with van der Waals surface area (Å²) in [4.78, 5) is 31.2. The van der Waals surface area contributed by atoms with E-state index in [9.17, 15) is 14.7 Å². The fraction of sp³-hybridized carbons (Fsp3) is 0.296. The smallest absolute Gasteiger partial charge is 0.337 e. The molecular formula is C27H27ClN2O4. The lowest BCUT2D eigenvalue weighted by atomic mass is 10.0. The van der Waals surface area contributed by atoms with E-state index in [4.69, 9.17) is 21.3 Å². The average Bonchev–Trinajstić information content (AvgIpc) is 3.34. The summed E-state index contributed by atoms with van der Waals surface area (Å²) >= 11 is 5.90. The van der Waals surface area contributed by atoms with Gasteiger partial charge in [-0.3, -0.25) is 9.78 Å². The Hall–Kier alpha value is -3.38. The van der Waals surface area contributed by atoms with Gasteiger partial charge in [0.15, 0.2) is 6.61 Å². The highest BCUT2D eigenvalue weighted by atomic mass is 35.5. The van der Waals surface area contributed by atoms with Crippen molar-refractivity contribution < 1.29 is 19.4 Å². The van der Waals surface area contributed by atoms with Crippen LogP contribution < -0.4 is 4.74 Å². The Balaban J connectivity index is 1.44. The molecule has 1 aromatic heterocycles. The van der Waals surface area contributed by atoms with Crippen LogP contribution in [0.2, 0.25) is 5.02 Å². The molecule has 3 aromatic rings. The maximum absolute atomic E-state index is 12.9. The number of carbonyl (C=O) groups excluding carboxylic acids is 1. The molecule has 2 heterocycles. The van der Waals surface area contributed by atoms with Gasteiger partial charge in [-0.2, -0.15) is 0 Å². The van der Waals surface area contributed by atoms with E-state index in [0.29, 0.717) is 29.4 Å². The lowest BCUT2D eigenvalue weighted by Gasteiger charge is -2.25. The van der Waals surface area contributed by atoms with Crippen LogP contribution in [-0.2, 0) is 17.6 Å². The Morgan fingerprint density at radius 2 is 1.79 bits per heavy atom. The molecule has 6 nitrogen and oxygen atoms in total. The third-order valence-electron chi connectivity index (χ3n) is 6.04. The van der Waals surface area contributed by atoms with E-state index < -0.39 is 5.97 Å². The van der Waals surface area contributed by atoms with Crippen molar-refractivity contribution >= 4 is 23.5 Å². The molecule has 34 heavy (non-hydrogen) atoms. The second-order valence-electron chi connectivity index (χ2n) is 8.36. The van der Waals surface area contributed by atoms with Crippen LogP contribution in [0.25, 0.3) is 0 Å². The first kappa shape index (κ1) is 23.8. The number of aromatic nitrogens is 1. The number of benzene rings is 2. The SMILES string of the molecule is O=C(O)c1ccc(C2CCCN2C(=O)COc2ccc(Cl)cc2)nc1CCCc1ccccc1. The number of amides is 1. The first-order valence-corrected chi connectivity index (χ1v) is 11.8. The van der Waals surface area contributed by atoms with Gasteiger partial charge in [-0.25, -0.2) is 4.79 Å². The number of carboxylic acids is 1. The molecule has 0 bridgehead atoms. The van der Waals surface area contributed by atoms with Crippen LogP contribution >= 0.6 is 11.6 Å². The molecule has 2 aromatic carbocycles. The van der Waals surface area contributed by atoms with E-state index in [1.807, 2.05) is 18.2 Å². The van der Waals surface area contributed by atoms with E-state index in [0.717, 1.165) is 31.4 Å². The molecule has 0 saturated carbocycles. The molecule has 0 spiro atoms. The fourth-order valence-electron chi connectivity index (χ4n) is 4.33. The number of likely N-dealkylation sites (tertiary alicyclic amines) is 1. The van der Waals surface area contributed by atoms with Crippen molar-refractivity contribution in [3.05, 3.63) is 94.3 Å². The summed E-state index contributed by atoms with van der Waals surface area (Å²) < 4.78 is 5.64. The lowest BCUT2D eigenvalue weighted by Crippen LogP contribution is -2.35. The van der Waals surface area contributed by atoms with Gasteiger partial charge in [-0.05, 0) is 74.1 Å². The minimum atomic E-state index is -0.982. The number of pyridine rings is 1. The molecule has 1 fully saturated rings. The van der Waals surface area contributed by atoms with Gasteiger partial charge < -0.3 is 14.7 Å². The molecule has 1 saturated heterocycles. The zero-order chi connectivity index (χ0) is 23.9. The van der Waals surface area contributed by atoms with Crippen molar-refractivity contribution in [3.8, 4) is 5.75 Å². The van der Waals surface area contributed by atoms with Gasteiger partial charge in [-0.15, -0.1) is 0 Å². The molecule has 1 amide bonds. The molecule has 0 radical (unpaired) electrons. The van der Waals surface area contributed by atoms with Crippen molar-refractivity contribution in [3.63, 3.8) is 0 Å². The zero-order valence-electron chi connectivity index (χ0n) is 18.8. The zero-order valence-corrected chi connectivity index (χ0v) is 19.6. The maximum atomic E-state index is 12.9. The second kappa shape index (κ2) is 11.2. The molecule has 1 N–H and O–H groups in total. The number of aryl methyl sites for hydroxylation is 2. The van der Waals surface area contributed by atoms with Gasteiger partial charge in [-0.1, -0.05) is 41.9 Å². The highest BCUT2D eigenvalue weighted by Gasteiger charge is 2.31. The summed E-state index contributed by atoms with van der Waals surface area (Å²) in [6.07, 6.45) is 3.86. The second-order valence-corrected chi connectivity index (χ2v) is 8.80. The number of ether oxygens (including phenoxy) is 1. The van der Waals surface area contributed by atoms with Crippen LogP contribution in [0.1, 0.15) is 52.6 Å². The summed E-state index contributed by atoms with van der Waals surface area (Å²) in [5, 5.41) is 10.2. The van der Waals surface area contributed by atoms with Crippen LogP contribution in [0.5, 0.6) is 5.75 Å². The Morgan fingerprint density at radius 3 is 2.53 bits per heavy atom. The highest BCUT2D eigenvalue weighted by molar-refractivity contribution is 6.30. The quantitative estimate of drug-likeness (QED) is 0.448. The monoisotopic (exact) mass is 478 g/mol. The number of halogens is 1. The first-order chi connectivity index (χ1) is 16.5. The van der Waals surface area contributed by atoms with Gasteiger partial charge in [0.25, 0.3) is 5.91 Å². The summed E-state index contributed by atoms with van der Waals surface area (Å²) in [5.74, 6) is -0.519. The molecular weight excluding hydrogens is 452 g/mol. The van der Waals surface area contributed by atoms with E-state index in [1.165, 1.54) is 5.56 Å². The van der Waals surface area contributed by atoms with Crippen LogP contribution in [0.15, 0.2) is 66.7 Å². The van der Waals surface area contributed by atoms with Crippen molar-refractivity contribution in [1.29, 1.82) is 0 Å². The number of nitrogens with zero attached hydrogens (tertiary/aromatic N) is 2. The minimum Gasteiger partial charge on any atom is -0.484 e. The summed E-state index contributed by atoms with van der Waals surface area (Å²) in [7, 11) is 0. The van der Waals surface area contributed by atoms with Gasteiger partial charge >= 0.3 is 5.97 Å². The van der Waals surface area contributed by atoms with Crippen LogP contribution in [0.4, 0.5) is 0 Å². The predicted octanol–water partition coefficient (Wildman–Crippen LogP) is 5.35. The molecule has 1 aliphatic rings. The van der Waals surface area contributed by atoms with Crippen molar-refractivity contribution in [1.82, 2.24) is 9.88 Å². The average molecular weight is 479 g/mol. The van der Waals surface area contributed by atoms with Crippen LogP contribution in [0, 0.1) is 0 Å². The predicted molar refractivity (Wildman–Crippen MR) is 130 cm³/mol. The molecule has 7 heteroatoms. The van der Waals surface area contributed by atoms with E-state index in [-0.39, 0.29) is 24.1 Å². The highest BCUT2D eigenvalue weighted by Crippen LogP contribution is 2.32. The topological polar surface area (TPSA) is 79.7 Å².